The molecule has 1 aliphatic heterocycles. The molecule has 0 N–H and O–H groups in total. The van der Waals surface area contributed by atoms with Crippen LogP contribution >= 0.6 is 10.8 Å². The molecule has 0 radical (unpaired) electrons. The van der Waals surface area contributed by atoms with E-state index in [-0.39, 0.29) is 0 Å². The van der Waals surface area contributed by atoms with E-state index in [0.717, 1.165) is 22.6 Å². The Kier molecular flexibility index (Phi) is 2.50. The van der Waals surface area contributed by atoms with E-state index in [1.54, 1.807) is 0 Å². The van der Waals surface area contributed by atoms with Gasteiger partial charge in [-0.3, -0.25) is 0 Å². The molecule has 1 aliphatic rings. The van der Waals surface area contributed by atoms with Gasteiger partial charge in [-0.2, -0.15) is 0 Å². The zero-order chi connectivity index (χ0) is 12.0. The summed E-state index contributed by atoms with van der Waals surface area (Å²) in [4.78, 5) is 0. The van der Waals surface area contributed by atoms with E-state index in [1.165, 1.54) is 10.8 Å². The Morgan fingerprint density at radius 2 is 1.94 bits per heavy atom. The molecular formula is C12H11NO2S2. The minimum atomic E-state index is -0.942. The monoisotopic (exact) mass is 265 g/mol. The maximum absolute atomic E-state index is 12.0. The number of benzene rings is 1. The van der Waals surface area contributed by atoms with Crippen LogP contribution in [0.1, 0.15) is 22.6 Å². The second-order valence-corrected chi connectivity index (χ2v) is 7.53. The molecule has 0 bridgehead atoms. The zero-order valence-corrected chi connectivity index (χ0v) is 11.1. The lowest BCUT2D eigenvalue weighted by Crippen LogP contribution is -2.13. The fourth-order valence-corrected chi connectivity index (χ4v) is 5.55. The van der Waals surface area contributed by atoms with Crippen molar-refractivity contribution in [2.24, 2.45) is 0 Å². The van der Waals surface area contributed by atoms with Crippen LogP contribution in [-0.2, 0) is 14.3 Å². The lowest BCUT2D eigenvalue weighted by Gasteiger charge is -2.07. The Hall–Kier alpha value is -0.910. The lowest BCUT2D eigenvalue weighted by molar-refractivity contribution is 0.392. The van der Waals surface area contributed by atoms with Crippen LogP contribution in [-0.4, -0.2) is 9.71 Å². The average molecular weight is 265 g/mol. The van der Waals surface area contributed by atoms with Crippen LogP contribution in [0.5, 0.6) is 0 Å². The largest absolute Gasteiger partial charge is 0.603 e. The van der Waals surface area contributed by atoms with E-state index < -0.39 is 14.3 Å². The first-order valence-corrected chi connectivity index (χ1v) is 7.75. The molecule has 0 spiro atoms. The Bertz CT molecular complexity index is 535. The first kappa shape index (κ1) is 11.2. The SMILES string of the molecule is Cc1noc(C)c1C1(c2ccccc2)S[S+]1[O-]. The lowest BCUT2D eigenvalue weighted by atomic mass is 10.0. The summed E-state index contributed by atoms with van der Waals surface area (Å²) < 4.78 is 16.7. The number of aryl methyl sites for hydroxylation is 2. The predicted octanol–water partition coefficient (Wildman–Crippen LogP) is 2.90. The first-order chi connectivity index (χ1) is 8.16. The third kappa shape index (κ3) is 1.53. The van der Waals surface area contributed by atoms with Gasteiger partial charge in [0.25, 0.3) is 4.08 Å². The Balaban J connectivity index is 2.17. The van der Waals surface area contributed by atoms with Gasteiger partial charge in [0.1, 0.15) is 5.76 Å². The molecule has 2 atom stereocenters. The summed E-state index contributed by atoms with van der Waals surface area (Å²) in [6, 6.07) is 9.89. The molecule has 0 aliphatic carbocycles. The average Bonchev–Trinajstić information content (AvgIpc) is 2.89. The van der Waals surface area contributed by atoms with Crippen molar-refractivity contribution in [3.63, 3.8) is 0 Å². The second-order valence-electron chi connectivity index (χ2n) is 4.00. The van der Waals surface area contributed by atoms with E-state index in [9.17, 15) is 4.55 Å². The number of nitrogens with zero attached hydrogens (tertiary/aromatic N) is 1. The molecule has 17 heavy (non-hydrogen) atoms. The van der Waals surface area contributed by atoms with Crippen molar-refractivity contribution in [3.05, 3.63) is 52.9 Å². The highest BCUT2D eigenvalue weighted by molar-refractivity contribution is 8.88. The molecule has 2 heterocycles. The molecule has 0 amide bonds. The van der Waals surface area contributed by atoms with Crippen molar-refractivity contribution in [1.29, 1.82) is 0 Å². The van der Waals surface area contributed by atoms with Gasteiger partial charge in [-0.25, -0.2) is 0 Å². The fourth-order valence-electron chi connectivity index (χ4n) is 2.11. The van der Waals surface area contributed by atoms with Gasteiger partial charge in [0.15, 0.2) is 10.8 Å². The van der Waals surface area contributed by atoms with E-state index >= 15 is 0 Å². The van der Waals surface area contributed by atoms with Crippen LogP contribution in [0.15, 0.2) is 34.9 Å². The summed E-state index contributed by atoms with van der Waals surface area (Å²) in [5.74, 6) is 0.754. The van der Waals surface area contributed by atoms with Crippen LogP contribution in [0.3, 0.4) is 0 Å². The molecule has 2 aromatic rings. The van der Waals surface area contributed by atoms with Gasteiger partial charge in [-0.15, -0.1) is 0 Å². The number of rotatable bonds is 2. The summed E-state index contributed by atoms with van der Waals surface area (Å²) in [6.07, 6.45) is 0. The van der Waals surface area contributed by atoms with E-state index in [1.807, 2.05) is 44.2 Å². The topological polar surface area (TPSA) is 49.1 Å². The number of aromatic nitrogens is 1. The molecule has 5 heteroatoms. The first-order valence-electron chi connectivity index (χ1n) is 5.26. The molecule has 3 rings (SSSR count). The minimum absolute atomic E-state index is 0.463. The predicted molar refractivity (Wildman–Crippen MR) is 68.9 cm³/mol. The second kappa shape index (κ2) is 3.80. The Labute approximate surface area is 106 Å². The fraction of sp³-hybridized carbons (Fsp3) is 0.250. The summed E-state index contributed by atoms with van der Waals surface area (Å²) in [6.45, 7) is 3.77. The summed E-state index contributed by atoms with van der Waals surface area (Å²) in [7, 11) is 0.509. The normalized spacial score (nSPS) is 27.1. The highest BCUT2D eigenvalue weighted by Gasteiger charge is 2.70. The number of hydrogen-bond donors (Lipinski definition) is 0. The van der Waals surface area contributed by atoms with Gasteiger partial charge in [-0.05, 0) is 13.8 Å². The van der Waals surface area contributed by atoms with Gasteiger partial charge in [0, 0.05) is 5.56 Å². The zero-order valence-electron chi connectivity index (χ0n) is 9.47. The maximum Gasteiger partial charge on any atom is 0.285 e. The quantitative estimate of drug-likeness (QED) is 0.476. The number of hydrogen-bond acceptors (Lipinski definition) is 4. The van der Waals surface area contributed by atoms with Crippen molar-refractivity contribution in [1.82, 2.24) is 5.16 Å². The van der Waals surface area contributed by atoms with Crippen molar-refractivity contribution < 1.29 is 9.08 Å². The van der Waals surface area contributed by atoms with Gasteiger partial charge in [-0.1, -0.05) is 35.5 Å². The van der Waals surface area contributed by atoms with Crippen LogP contribution < -0.4 is 0 Å². The summed E-state index contributed by atoms with van der Waals surface area (Å²) in [5, 5.41) is 3.96. The molecule has 1 saturated heterocycles. The highest BCUT2D eigenvalue weighted by Crippen LogP contribution is 2.68. The summed E-state index contributed by atoms with van der Waals surface area (Å²) >= 11 is 0. The third-order valence-corrected chi connectivity index (χ3v) is 6.51. The maximum atomic E-state index is 12.0. The van der Waals surface area contributed by atoms with Crippen LogP contribution in [0, 0.1) is 13.8 Å². The summed E-state index contributed by atoms with van der Waals surface area (Å²) in [5.41, 5.74) is 2.84. The molecule has 2 unspecified atom stereocenters. The minimum Gasteiger partial charge on any atom is -0.603 e. The molecule has 1 aromatic heterocycles. The molecular weight excluding hydrogens is 254 g/mol. The molecule has 1 aromatic carbocycles. The standard InChI is InChI=1S/C12H11NO2S2/c1-8-11(9(2)15-13-8)12(16-17(12)14)10-6-4-3-5-7-10/h3-7H,1-2H3. The van der Waals surface area contributed by atoms with Gasteiger partial charge < -0.3 is 9.08 Å². The molecule has 3 nitrogen and oxygen atoms in total. The Morgan fingerprint density at radius 1 is 1.29 bits per heavy atom. The van der Waals surface area contributed by atoms with E-state index in [0.29, 0.717) is 0 Å². The van der Waals surface area contributed by atoms with Crippen molar-refractivity contribution in [3.8, 4) is 0 Å². The highest BCUT2D eigenvalue weighted by atomic mass is 33.2. The van der Waals surface area contributed by atoms with Crippen LogP contribution in [0.4, 0.5) is 0 Å². The molecule has 1 fully saturated rings. The third-order valence-electron chi connectivity index (χ3n) is 2.92. The van der Waals surface area contributed by atoms with Gasteiger partial charge in [0.05, 0.1) is 21.5 Å². The Morgan fingerprint density at radius 3 is 2.41 bits per heavy atom. The van der Waals surface area contributed by atoms with Crippen LogP contribution in [0.25, 0.3) is 0 Å². The van der Waals surface area contributed by atoms with Crippen molar-refractivity contribution in [2.75, 3.05) is 0 Å². The van der Waals surface area contributed by atoms with Crippen LogP contribution in [0.2, 0.25) is 0 Å². The van der Waals surface area contributed by atoms with E-state index in [4.69, 9.17) is 4.52 Å². The molecule has 88 valence electrons. The van der Waals surface area contributed by atoms with Crippen molar-refractivity contribution in [2.45, 2.75) is 17.9 Å². The van der Waals surface area contributed by atoms with Gasteiger partial charge in [0.2, 0.25) is 0 Å². The van der Waals surface area contributed by atoms with Gasteiger partial charge >= 0.3 is 0 Å². The smallest absolute Gasteiger partial charge is 0.285 e. The molecule has 0 saturated carbocycles. The van der Waals surface area contributed by atoms with Crippen molar-refractivity contribution >= 4 is 21.0 Å². The van der Waals surface area contributed by atoms with E-state index in [2.05, 4.69) is 5.16 Å².